The first kappa shape index (κ1) is 37.5. The van der Waals surface area contributed by atoms with E-state index in [4.69, 9.17) is 23.2 Å². The molecule has 0 amide bonds. The van der Waals surface area contributed by atoms with Gasteiger partial charge >= 0.3 is 0 Å². The van der Waals surface area contributed by atoms with E-state index in [2.05, 4.69) is 50.5 Å². The van der Waals surface area contributed by atoms with Crippen molar-refractivity contribution in [1.82, 2.24) is 39.9 Å². The number of nitrogens with one attached hydrogen (secondary N) is 2. The molecule has 54 heavy (non-hydrogen) atoms. The van der Waals surface area contributed by atoms with Crippen LogP contribution in [0.15, 0.2) is 110 Å². The minimum atomic E-state index is -0.932. The number of hydrogen-bond acceptors (Lipinski definition) is 10. The van der Waals surface area contributed by atoms with Crippen molar-refractivity contribution in [1.29, 1.82) is 0 Å². The fourth-order valence-electron chi connectivity index (χ4n) is 5.26. The predicted octanol–water partition coefficient (Wildman–Crippen LogP) is 10.9. The largest absolute Gasteiger partial charge is 0.340 e. The molecule has 0 saturated heterocycles. The van der Waals surface area contributed by atoms with E-state index in [1.165, 1.54) is 6.07 Å². The maximum absolute atomic E-state index is 13.5. The van der Waals surface area contributed by atoms with Gasteiger partial charge in [0.15, 0.2) is 23.3 Å². The highest BCUT2D eigenvalue weighted by atomic mass is 35.5. The minimum absolute atomic E-state index is 0.385. The number of halogens is 4. The lowest BCUT2D eigenvalue weighted by Crippen LogP contribution is -2.02. The van der Waals surface area contributed by atoms with Gasteiger partial charge in [-0.2, -0.15) is 0 Å². The van der Waals surface area contributed by atoms with Crippen molar-refractivity contribution < 1.29 is 8.78 Å². The van der Waals surface area contributed by atoms with Crippen LogP contribution in [-0.4, -0.2) is 39.9 Å². The third kappa shape index (κ3) is 8.52. The first-order valence-corrected chi connectivity index (χ1v) is 17.5. The third-order valence-electron chi connectivity index (χ3n) is 7.81. The van der Waals surface area contributed by atoms with Gasteiger partial charge in [0.25, 0.3) is 0 Å². The van der Waals surface area contributed by atoms with Crippen molar-refractivity contribution in [3.63, 3.8) is 0 Å². The summed E-state index contributed by atoms with van der Waals surface area (Å²) in [6.45, 7) is 7.95. The average Bonchev–Trinajstić information content (AvgIpc) is 3.20. The van der Waals surface area contributed by atoms with Crippen LogP contribution in [0.3, 0.4) is 0 Å². The molecule has 270 valence electrons. The smallest absolute Gasteiger partial charge is 0.182 e. The third-order valence-corrected chi connectivity index (χ3v) is 8.54. The van der Waals surface area contributed by atoms with Gasteiger partial charge in [0.05, 0.1) is 33.5 Å². The Morgan fingerprint density at radius 3 is 1.50 bits per heavy atom. The molecule has 0 aliphatic carbocycles. The molecule has 0 spiro atoms. The van der Waals surface area contributed by atoms with E-state index in [0.29, 0.717) is 50.4 Å². The number of aryl methyl sites for hydroxylation is 2. The zero-order valence-corrected chi connectivity index (χ0v) is 31.0. The molecule has 0 radical (unpaired) electrons. The summed E-state index contributed by atoms with van der Waals surface area (Å²) in [6.07, 6.45) is 9.57. The van der Waals surface area contributed by atoms with E-state index in [9.17, 15) is 8.78 Å². The molecule has 0 atom stereocenters. The van der Waals surface area contributed by atoms with E-state index >= 15 is 0 Å². The van der Waals surface area contributed by atoms with Gasteiger partial charge in [-0.3, -0.25) is 9.97 Å². The number of hydrogen-bond donors (Lipinski definition) is 2. The van der Waals surface area contributed by atoms with Gasteiger partial charge in [-0.15, -0.1) is 0 Å². The first-order valence-electron chi connectivity index (χ1n) is 16.7. The van der Waals surface area contributed by atoms with Crippen LogP contribution in [0, 0.1) is 25.5 Å². The van der Waals surface area contributed by atoms with Gasteiger partial charge in [0.1, 0.15) is 23.0 Å². The maximum Gasteiger partial charge on any atom is 0.182 e. The van der Waals surface area contributed by atoms with E-state index in [-0.39, 0.29) is 0 Å². The van der Waals surface area contributed by atoms with Crippen molar-refractivity contribution in [2.45, 2.75) is 27.7 Å². The molecule has 0 aliphatic heterocycles. The summed E-state index contributed by atoms with van der Waals surface area (Å²) in [4.78, 5) is 35.1. The Morgan fingerprint density at radius 1 is 0.537 bits per heavy atom. The molecular weight excluding hydrogens is 729 g/mol. The first-order chi connectivity index (χ1) is 26.2. The topological polar surface area (TPSA) is 127 Å². The lowest BCUT2D eigenvalue weighted by Gasteiger charge is -2.12. The molecule has 4 heterocycles. The molecule has 0 bridgehead atoms. The molecule has 8 rings (SSSR count). The molecule has 8 aromatic rings. The Morgan fingerprint density at radius 2 is 1.04 bits per heavy atom. The number of para-hydroxylation sites is 2. The van der Waals surface area contributed by atoms with Crippen molar-refractivity contribution in [2.24, 2.45) is 0 Å². The molecule has 4 aromatic heterocycles. The number of anilines is 4. The predicted molar refractivity (Wildman–Crippen MR) is 211 cm³/mol. The summed E-state index contributed by atoms with van der Waals surface area (Å²) >= 11 is 12.1. The zero-order chi connectivity index (χ0) is 38.2. The molecule has 0 aliphatic rings. The summed E-state index contributed by atoms with van der Waals surface area (Å²) in [5.74, 6) is 0.202. The second kappa shape index (κ2) is 17.1. The highest BCUT2D eigenvalue weighted by Gasteiger charge is 2.15. The SMILES string of the molecule is CC.Cc1cccc2c(Nc3ccc(Cl)c(Cl)c3)nc(-c3cnccn3)nc12.Cc1cccc2c(Nc3ccc(F)c(F)c3)nc(-c3cnccn3)nc12. The molecule has 0 saturated carbocycles. The lowest BCUT2D eigenvalue weighted by molar-refractivity contribution is 0.509. The molecule has 10 nitrogen and oxygen atoms in total. The number of benzene rings is 4. The molecule has 2 N–H and O–H groups in total. The van der Waals surface area contributed by atoms with Crippen LogP contribution in [0.25, 0.3) is 44.8 Å². The van der Waals surface area contributed by atoms with Crippen molar-refractivity contribution in [3.8, 4) is 23.0 Å². The Hall–Kier alpha value is -6.24. The van der Waals surface area contributed by atoms with Crippen molar-refractivity contribution >= 4 is 68.0 Å². The van der Waals surface area contributed by atoms with Crippen LogP contribution in [0.2, 0.25) is 10.0 Å². The molecule has 0 unspecified atom stereocenters. The lowest BCUT2D eigenvalue weighted by atomic mass is 10.1. The number of fused-ring (bicyclic) bond motifs is 2. The Bertz CT molecular complexity index is 2380. The molecule has 4 aromatic carbocycles. The van der Waals surface area contributed by atoms with Crippen LogP contribution < -0.4 is 10.6 Å². The fraction of sp³-hybridized carbons (Fsp3) is 0.100. The zero-order valence-electron chi connectivity index (χ0n) is 29.5. The van der Waals surface area contributed by atoms with E-state index < -0.39 is 11.6 Å². The highest BCUT2D eigenvalue weighted by molar-refractivity contribution is 6.42. The van der Waals surface area contributed by atoms with Crippen molar-refractivity contribution in [2.75, 3.05) is 10.6 Å². The van der Waals surface area contributed by atoms with Gasteiger partial charge in [-0.25, -0.2) is 38.7 Å². The summed E-state index contributed by atoms with van der Waals surface area (Å²) in [5.41, 5.74) is 5.90. The number of aromatic nitrogens is 8. The minimum Gasteiger partial charge on any atom is -0.340 e. The maximum atomic E-state index is 13.5. The number of nitrogens with zero attached hydrogens (tertiary/aromatic N) is 8. The Balaban J connectivity index is 0.000000176. The second-order valence-corrected chi connectivity index (χ2v) is 12.2. The van der Waals surface area contributed by atoms with Gasteiger partial charge in [-0.05, 0) is 67.4 Å². The van der Waals surface area contributed by atoms with Gasteiger partial charge in [0, 0.05) is 53.0 Å². The second-order valence-electron chi connectivity index (χ2n) is 11.4. The molecular formula is C40H32Cl2F2N10. The van der Waals surface area contributed by atoms with Crippen LogP contribution >= 0.6 is 23.2 Å². The average molecular weight is 762 g/mol. The van der Waals surface area contributed by atoms with E-state index in [1.807, 2.05) is 70.2 Å². The summed E-state index contributed by atoms with van der Waals surface area (Å²) < 4.78 is 26.7. The van der Waals surface area contributed by atoms with Crippen molar-refractivity contribution in [3.05, 3.63) is 143 Å². The highest BCUT2D eigenvalue weighted by Crippen LogP contribution is 2.32. The van der Waals surface area contributed by atoms with Gasteiger partial charge < -0.3 is 10.6 Å². The molecule has 0 fully saturated rings. The van der Waals surface area contributed by atoms with Crippen LogP contribution in [0.4, 0.5) is 31.8 Å². The fourth-order valence-corrected chi connectivity index (χ4v) is 5.56. The molecule has 14 heteroatoms. The monoisotopic (exact) mass is 760 g/mol. The van der Waals surface area contributed by atoms with Gasteiger partial charge in [0.2, 0.25) is 0 Å². The van der Waals surface area contributed by atoms with Crippen LogP contribution in [0.5, 0.6) is 0 Å². The summed E-state index contributed by atoms with van der Waals surface area (Å²) in [7, 11) is 0. The van der Waals surface area contributed by atoms with Crippen LogP contribution in [-0.2, 0) is 0 Å². The normalized spacial score (nSPS) is 10.6. The van der Waals surface area contributed by atoms with Gasteiger partial charge in [-0.1, -0.05) is 61.3 Å². The summed E-state index contributed by atoms with van der Waals surface area (Å²) in [5, 5.41) is 9.00. The Labute approximate surface area is 319 Å². The summed E-state index contributed by atoms with van der Waals surface area (Å²) in [6, 6.07) is 20.6. The number of rotatable bonds is 6. The van der Waals surface area contributed by atoms with E-state index in [0.717, 1.165) is 50.8 Å². The Kier molecular flexibility index (Phi) is 11.9. The van der Waals surface area contributed by atoms with Crippen LogP contribution in [0.1, 0.15) is 25.0 Å². The standard InChI is InChI=1S/C19H13Cl2N5.C19H13F2N5.C2H6/c2*1-11-3-2-4-13-17(11)25-19(16-10-22-7-8-23-16)26-18(13)24-12-5-6-14(20)15(21)9-12;1-2/h2*2-10H,1H3,(H,24,25,26);1-2H3. The quantitative estimate of drug-likeness (QED) is 0.169. The van der Waals surface area contributed by atoms with E-state index in [1.54, 1.807) is 49.3 Å².